The van der Waals surface area contributed by atoms with Gasteiger partial charge in [-0.2, -0.15) is 0 Å². The molecular formula is C13H18N2O2S. The summed E-state index contributed by atoms with van der Waals surface area (Å²) in [6, 6.07) is 7.48. The van der Waals surface area contributed by atoms with Crippen LogP contribution in [-0.2, 0) is 4.79 Å². The van der Waals surface area contributed by atoms with E-state index < -0.39 is 6.03 Å². The van der Waals surface area contributed by atoms with Crippen LogP contribution in [0.2, 0.25) is 0 Å². The van der Waals surface area contributed by atoms with E-state index in [1.165, 1.54) is 11.8 Å². The van der Waals surface area contributed by atoms with E-state index in [0.29, 0.717) is 6.54 Å². The number of hydrogen-bond donors (Lipinski definition) is 2. The van der Waals surface area contributed by atoms with Crippen LogP contribution >= 0.6 is 11.8 Å². The molecule has 4 nitrogen and oxygen atoms in total. The van der Waals surface area contributed by atoms with Crippen LogP contribution < -0.4 is 10.6 Å². The van der Waals surface area contributed by atoms with E-state index in [-0.39, 0.29) is 11.2 Å². The molecule has 0 fully saturated rings. The number of rotatable bonds is 4. The lowest BCUT2D eigenvalue weighted by atomic mass is 10.2. The highest BCUT2D eigenvalue weighted by Gasteiger charge is 2.16. The van der Waals surface area contributed by atoms with E-state index in [1.54, 1.807) is 13.8 Å². The van der Waals surface area contributed by atoms with E-state index >= 15 is 0 Å². The van der Waals surface area contributed by atoms with Crippen molar-refractivity contribution in [2.75, 3.05) is 6.54 Å². The van der Waals surface area contributed by atoms with Gasteiger partial charge in [-0.05, 0) is 32.9 Å². The Morgan fingerprint density at radius 1 is 1.39 bits per heavy atom. The van der Waals surface area contributed by atoms with Crippen molar-refractivity contribution in [1.82, 2.24) is 10.6 Å². The second-order valence-corrected chi connectivity index (χ2v) is 5.34. The van der Waals surface area contributed by atoms with Crippen molar-refractivity contribution in [3.05, 3.63) is 29.8 Å². The molecule has 0 heterocycles. The van der Waals surface area contributed by atoms with Gasteiger partial charge in [0.1, 0.15) is 0 Å². The maximum Gasteiger partial charge on any atom is 0.321 e. The number of imide groups is 1. The van der Waals surface area contributed by atoms with E-state index in [9.17, 15) is 9.59 Å². The topological polar surface area (TPSA) is 58.2 Å². The fourth-order valence-electron chi connectivity index (χ4n) is 1.36. The normalized spacial score (nSPS) is 11.7. The fourth-order valence-corrected chi connectivity index (χ4v) is 2.35. The van der Waals surface area contributed by atoms with Gasteiger partial charge in [0, 0.05) is 11.4 Å². The second kappa shape index (κ2) is 7.06. The molecule has 0 saturated carbocycles. The molecule has 0 bridgehead atoms. The molecule has 0 radical (unpaired) electrons. The second-order valence-electron chi connectivity index (χ2n) is 3.93. The third-order valence-electron chi connectivity index (χ3n) is 2.25. The summed E-state index contributed by atoms with van der Waals surface area (Å²) in [6.07, 6.45) is 0. The molecule has 1 aromatic carbocycles. The van der Waals surface area contributed by atoms with Gasteiger partial charge < -0.3 is 5.32 Å². The lowest BCUT2D eigenvalue weighted by Gasteiger charge is -2.11. The maximum atomic E-state index is 11.7. The number of urea groups is 1. The minimum Gasteiger partial charge on any atom is -0.338 e. The van der Waals surface area contributed by atoms with Crippen molar-refractivity contribution < 1.29 is 9.59 Å². The Kier molecular flexibility index (Phi) is 5.71. The van der Waals surface area contributed by atoms with E-state index in [4.69, 9.17) is 0 Å². The van der Waals surface area contributed by atoms with Crippen LogP contribution in [0.3, 0.4) is 0 Å². The van der Waals surface area contributed by atoms with Crippen LogP contribution in [0.25, 0.3) is 0 Å². The Labute approximate surface area is 112 Å². The van der Waals surface area contributed by atoms with Gasteiger partial charge in [0.2, 0.25) is 5.91 Å². The first-order valence-electron chi connectivity index (χ1n) is 5.85. The summed E-state index contributed by atoms with van der Waals surface area (Å²) < 4.78 is 0. The van der Waals surface area contributed by atoms with Gasteiger partial charge in [-0.1, -0.05) is 17.7 Å². The average molecular weight is 266 g/mol. The fraction of sp³-hybridized carbons (Fsp3) is 0.385. The molecule has 1 atom stereocenters. The zero-order chi connectivity index (χ0) is 13.5. The van der Waals surface area contributed by atoms with E-state index in [1.807, 2.05) is 31.2 Å². The first kappa shape index (κ1) is 14.6. The summed E-state index contributed by atoms with van der Waals surface area (Å²) in [5.41, 5.74) is 1.15. The summed E-state index contributed by atoms with van der Waals surface area (Å²) in [6.45, 7) is 6.08. The molecule has 0 aliphatic carbocycles. The molecule has 3 amide bonds. The van der Waals surface area contributed by atoms with Crippen LogP contribution in [-0.4, -0.2) is 23.7 Å². The molecule has 0 saturated heterocycles. The summed E-state index contributed by atoms with van der Waals surface area (Å²) >= 11 is 1.43. The van der Waals surface area contributed by atoms with E-state index in [0.717, 1.165) is 10.5 Å². The minimum absolute atomic E-state index is 0.285. The van der Waals surface area contributed by atoms with Crippen molar-refractivity contribution in [3.8, 4) is 0 Å². The van der Waals surface area contributed by atoms with Crippen molar-refractivity contribution in [3.63, 3.8) is 0 Å². The lowest BCUT2D eigenvalue weighted by Crippen LogP contribution is -2.42. The van der Waals surface area contributed by atoms with Crippen molar-refractivity contribution in [1.29, 1.82) is 0 Å². The maximum absolute atomic E-state index is 11.7. The monoisotopic (exact) mass is 266 g/mol. The predicted octanol–water partition coefficient (Wildman–Crippen LogP) is 2.32. The van der Waals surface area contributed by atoms with Crippen LogP contribution in [0, 0.1) is 6.92 Å². The number of benzene rings is 1. The molecule has 0 aromatic heterocycles. The smallest absolute Gasteiger partial charge is 0.321 e. The van der Waals surface area contributed by atoms with Gasteiger partial charge in [0.05, 0.1) is 5.25 Å². The Balaban J connectivity index is 2.52. The molecule has 18 heavy (non-hydrogen) atoms. The largest absolute Gasteiger partial charge is 0.338 e. The highest BCUT2D eigenvalue weighted by molar-refractivity contribution is 8.00. The Morgan fingerprint density at radius 3 is 2.72 bits per heavy atom. The highest BCUT2D eigenvalue weighted by Crippen LogP contribution is 2.23. The molecule has 0 aliphatic rings. The molecule has 0 aliphatic heterocycles. The van der Waals surface area contributed by atoms with Gasteiger partial charge in [-0.25, -0.2) is 4.79 Å². The first-order chi connectivity index (χ1) is 8.52. The number of nitrogens with one attached hydrogen (secondary N) is 2. The summed E-state index contributed by atoms with van der Waals surface area (Å²) in [7, 11) is 0. The number of amides is 3. The molecule has 98 valence electrons. The standard InChI is InChI=1S/C13H18N2O2S/c1-4-14-13(17)15-12(16)10(3)18-11-7-5-6-9(2)8-11/h5-8,10H,4H2,1-3H3,(H2,14,15,16,17). The summed E-state index contributed by atoms with van der Waals surface area (Å²) in [5, 5.41) is 4.52. The summed E-state index contributed by atoms with van der Waals surface area (Å²) in [4.78, 5) is 24.0. The number of thioether (sulfide) groups is 1. The van der Waals surface area contributed by atoms with E-state index in [2.05, 4.69) is 10.6 Å². The lowest BCUT2D eigenvalue weighted by molar-refractivity contribution is -0.119. The predicted molar refractivity (Wildman–Crippen MR) is 73.7 cm³/mol. The quantitative estimate of drug-likeness (QED) is 0.822. The summed E-state index contributed by atoms with van der Waals surface area (Å²) in [5.74, 6) is -0.285. The number of hydrogen-bond acceptors (Lipinski definition) is 3. The zero-order valence-corrected chi connectivity index (χ0v) is 11.6. The van der Waals surface area contributed by atoms with Crippen molar-refractivity contribution in [2.24, 2.45) is 0 Å². The molecule has 1 rings (SSSR count). The number of aryl methyl sites for hydroxylation is 1. The van der Waals surface area contributed by atoms with Crippen LogP contribution in [0.5, 0.6) is 0 Å². The van der Waals surface area contributed by atoms with Gasteiger partial charge in [-0.3, -0.25) is 10.1 Å². The van der Waals surface area contributed by atoms with Crippen molar-refractivity contribution >= 4 is 23.7 Å². The average Bonchev–Trinajstić information content (AvgIpc) is 2.29. The third kappa shape index (κ3) is 4.79. The van der Waals surface area contributed by atoms with Gasteiger partial charge >= 0.3 is 6.03 Å². The molecule has 1 aromatic rings. The third-order valence-corrected chi connectivity index (χ3v) is 3.34. The first-order valence-corrected chi connectivity index (χ1v) is 6.73. The van der Waals surface area contributed by atoms with Crippen molar-refractivity contribution in [2.45, 2.75) is 30.9 Å². The number of carbonyl (C=O) groups excluding carboxylic acids is 2. The molecule has 1 unspecified atom stereocenters. The van der Waals surface area contributed by atoms with Crippen LogP contribution in [0.1, 0.15) is 19.4 Å². The van der Waals surface area contributed by atoms with Gasteiger partial charge in [0.15, 0.2) is 0 Å². The zero-order valence-electron chi connectivity index (χ0n) is 10.8. The Bertz CT molecular complexity index is 435. The van der Waals surface area contributed by atoms with Gasteiger partial charge in [0.25, 0.3) is 0 Å². The van der Waals surface area contributed by atoms with Gasteiger partial charge in [-0.15, -0.1) is 11.8 Å². The SMILES string of the molecule is CCNC(=O)NC(=O)C(C)Sc1cccc(C)c1. The Morgan fingerprint density at radius 2 is 2.11 bits per heavy atom. The Hall–Kier alpha value is -1.49. The molecular weight excluding hydrogens is 248 g/mol. The van der Waals surface area contributed by atoms with Crippen LogP contribution in [0.4, 0.5) is 4.79 Å². The van der Waals surface area contributed by atoms with Crippen LogP contribution in [0.15, 0.2) is 29.2 Å². The number of carbonyl (C=O) groups is 2. The highest BCUT2D eigenvalue weighted by atomic mass is 32.2. The molecule has 2 N–H and O–H groups in total. The molecule has 5 heteroatoms. The molecule has 0 spiro atoms. The minimum atomic E-state index is -0.445.